The van der Waals surface area contributed by atoms with E-state index in [1.807, 2.05) is 25.1 Å². The lowest BCUT2D eigenvalue weighted by atomic mass is 10.1. The van der Waals surface area contributed by atoms with Gasteiger partial charge in [-0.3, -0.25) is 0 Å². The number of aromatic nitrogens is 1. The van der Waals surface area contributed by atoms with Gasteiger partial charge < -0.3 is 4.74 Å². The zero-order chi connectivity index (χ0) is 12.4. The standard InChI is InChI=1S/C13H11ClN2O/c1-8-3-4-11(17-2)12-10(8)7-9(5-6-15)13(14)16-12/h3-4,7H,5H2,1-2H3. The molecular formula is C13H11ClN2O. The normalized spacial score (nSPS) is 10.2. The highest BCUT2D eigenvalue weighted by atomic mass is 35.5. The molecule has 0 saturated carbocycles. The van der Waals surface area contributed by atoms with E-state index < -0.39 is 0 Å². The molecule has 0 aliphatic heterocycles. The smallest absolute Gasteiger partial charge is 0.145 e. The van der Waals surface area contributed by atoms with Crippen LogP contribution in [0.1, 0.15) is 11.1 Å². The lowest BCUT2D eigenvalue weighted by Gasteiger charge is -2.09. The predicted octanol–water partition coefficient (Wildman–Crippen LogP) is 3.27. The van der Waals surface area contributed by atoms with E-state index in [0.29, 0.717) is 10.9 Å². The molecule has 86 valence electrons. The third-order valence-electron chi connectivity index (χ3n) is 2.68. The van der Waals surface area contributed by atoms with Gasteiger partial charge in [-0.15, -0.1) is 0 Å². The van der Waals surface area contributed by atoms with E-state index in [2.05, 4.69) is 11.1 Å². The van der Waals surface area contributed by atoms with Gasteiger partial charge in [-0.1, -0.05) is 17.7 Å². The molecular weight excluding hydrogens is 236 g/mol. The van der Waals surface area contributed by atoms with Crippen LogP contribution in [0.25, 0.3) is 10.9 Å². The van der Waals surface area contributed by atoms with Crippen LogP contribution in [0.15, 0.2) is 18.2 Å². The Kier molecular flexibility index (Phi) is 3.16. The van der Waals surface area contributed by atoms with Crippen LogP contribution in [0.5, 0.6) is 5.75 Å². The number of halogens is 1. The van der Waals surface area contributed by atoms with Gasteiger partial charge in [0.1, 0.15) is 16.4 Å². The fourth-order valence-electron chi connectivity index (χ4n) is 1.76. The van der Waals surface area contributed by atoms with Crippen molar-refractivity contribution in [1.29, 1.82) is 5.26 Å². The summed E-state index contributed by atoms with van der Waals surface area (Å²) in [5, 5.41) is 10.1. The van der Waals surface area contributed by atoms with Gasteiger partial charge in [0.2, 0.25) is 0 Å². The van der Waals surface area contributed by atoms with E-state index in [1.54, 1.807) is 7.11 Å². The Morgan fingerprint density at radius 2 is 2.24 bits per heavy atom. The number of benzene rings is 1. The van der Waals surface area contributed by atoms with Crippen LogP contribution in [-0.2, 0) is 6.42 Å². The van der Waals surface area contributed by atoms with Crippen molar-refractivity contribution in [3.63, 3.8) is 0 Å². The van der Waals surface area contributed by atoms with Crippen LogP contribution >= 0.6 is 11.6 Å². The monoisotopic (exact) mass is 246 g/mol. The van der Waals surface area contributed by atoms with Gasteiger partial charge in [0.05, 0.1) is 19.6 Å². The second-order valence-corrected chi connectivity index (χ2v) is 4.11. The third kappa shape index (κ3) is 2.04. The molecule has 1 heterocycles. The van der Waals surface area contributed by atoms with E-state index in [-0.39, 0.29) is 6.42 Å². The number of methoxy groups -OCH3 is 1. The minimum atomic E-state index is 0.262. The van der Waals surface area contributed by atoms with Crippen molar-refractivity contribution in [2.24, 2.45) is 0 Å². The average Bonchev–Trinajstić information content (AvgIpc) is 2.32. The van der Waals surface area contributed by atoms with Crippen molar-refractivity contribution >= 4 is 22.5 Å². The number of ether oxygens (including phenoxy) is 1. The highest BCUT2D eigenvalue weighted by molar-refractivity contribution is 6.30. The molecule has 1 aromatic heterocycles. The number of hydrogen-bond donors (Lipinski definition) is 0. The number of hydrogen-bond acceptors (Lipinski definition) is 3. The first-order valence-corrected chi connectivity index (χ1v) is 5.55. The van der Waals surface area contributed by atoms with Gasteiger partial charge in [0, 0.05) is 10.9 Å². The van der Waals surface area contributed by atoms with Crippen LogP contribution in [0.2, 0.25) is 5.15 Å². The lowest BCUT2D eigenvalue weighted by molar-refractivity contribution is 0.419. The molecule has 0 radical (unpaired) electrons. The van der Waals surface area contributed by atoms with Gasteiger partial charge in [-0.25, -0.2) is 4.98 Å². The summed E-state index contributed by atoms with van der Waals surface area (Å²) in [4.78, 5) is 4.32. The molecule has 0 amide bonds. The Morgan fingerprint density at radius 1 is 1.47 bits per heavy atom. The van der Waals surface area contributed by atoms with Crippen molar-refractivity contribution in [3.8, 4) is 11.8 Å². The average molecular weight is 247 g/mol. The summed E-state index contributed by atoms with van der Waals surface area (Å²) >= 11 is 6.05. The maximum absolute atomic E-state index is 8.73. The molecule has 0 atom stereocenters. The molecule has 0 aliphatic carbocycles. The quantitative estimate of drug-likeness (QED) is 0.764. The van der Waals surface area contributed by atoms with Crippen molar-refractivity contribution < 1.29 is 4.74 Å². The molecule has 0 N–H and O–H groups in total. The van der Waals surface area contributed by atoms with E-state index >= 15 is 0 Å². The SMILES string of the molecule is COc1ccc(C)c2cc(CC#N)c(Cl)nc12. The van der Waals surface area contributed by atoms with Gasteiger partial charge in [0.25, 0.3) is 0 Å². The zero-order valence-corrected chi connectivity index (χ0v) is 10.4. The summed E-state index contributed by atoms with van der Waals surface area (Å²) in [6.45, 7) is 1.99. The maximum atomic E-state index is 8.73. The summed E-state index contributed by atoms with van der Waals surface area (Å²) < 4.78 is 5.25. The summed E-state index contributed by atoms with van der Waals surface area (Å²) in [5.74, 6) is 0.691. The van der Waals surface area contributed by atoms with Gasteiger partial charge >= 0.3 is 0 Å². The second-order valence-electron chi connectivity index (χ2n) is 3.75. The molecule has 0 aliphatic rings. The Balaban J connectivity index is 2.77. The van der Waals surface area contributed by atoms with Crippen LogP contribution in [0, 0.1) is 18.3 Å². The third-order valence-corrected chi connectivity index (χ3v) is 3.01. The van der Waals surface area contributed by atoms with Gasteiger partial charge in [0.15, 0.2) is 0 Å². The predicted molar refractivity (Wildman–Crippen MR) is 67.4 cm³/mol. The van der Waals surface area contributed by atoms with Crippen molar-refractivity contribution in [2.75, 3.05) is 7.11 Å². The van der Waals surface area contributed by atoms with E-state index in [9.17, 15) is 0 Å². The number of pyridine rings is 1. The Labute approximate surface area is 105 Å². The number of nitriles is 1. The zero-order valence-electron chi connectivity index (χ0n) is 9.62. The lowest BCUT2D eigenvalue weighted by Crippen LogP contribution is -1.94. The molecule has 2 rings (SSSR count). The minimum Gasteiger partial charge on any atom is -0.494 e. The maximum Gasteiger partial charge on any atom is 0.145 e. The molecule has 4 heteroatoms. The van der Waals surface area contributed by atoms with Gasteiger partial charge in [-0.2, -0.15) is 5.26 Å². The molecule has 3 nitrogen and oxygen atoms in total. The van der Waals surface area contributed by atoms with E-state index in [4.69, 9.17) is 21.6 Å². The van der Waals surface area contributed by atoms with Crippen molar-refractivity contribution in [3.05, 3.63) is 34.5 Å². The second kappa shape index (κ2) is 4.60. The fourth-order valence-corrected chi connectivity index (χ4v) is 1.97. The minimum absolute atomic E-state index is 0.262. The van der Waals surface area contributed by atoms with E-state index in [1.165, 1.54) is 0 Å². The Morgan fingerprint density at radius 3 is 2.88 bits per heavy atom. The summed E-state index contributed by atoms with van der Waals surface area (Å²) in [6.07, 6.45) is 0.262. The first-order valence-electron chi connectivity index (χ1n) is 5.17. The molecule has 0 bridgehead atoms. The number of fused-ring (bicyclic) bond motifs is 1. The molecule has 1 aromatic carbocycles. The molecule has 2 aromatic rings. The molecule has 0 spiro atoms. The fraction of sp³-hybridized carbons (Fsp3) is 0.231. The first kappa shape index (κ1) is 11.7. The van der Waals surface area contributed by atoms with Gasteiger partial charge in [-0.05, 0) is 24.6 Å². The van der Waals surface area contributed by atoms with Crippen LogP contribution in [-0.4, -0.2) is 12.1 Å². The highest BCUT2D eigenvalue weighted by Crippen LogP contribution is 2.30. The first-order chi connectivity index (χ1) is 8.17. The van der Waals surface area contributed by atoms with E-state index in [0.717, 1.165) is 22.0 Å². The molecule has 0 saturated heterocycles. The summed E-state index contributed by atoms with van der Waals surface area (Å²) in [5.41, 5.74) is 2.57. The molecule has 17 heavy (non-hydrogen) atoms. The Hall–Kier alpha value is -1.79. The number of rotatable bonds is 2. The van der Waals surface area contributed by atoms with Crippen LogP contribution in [0.3, 0.4) is 0 Å². The van der Waals surface area contributed by atoms with Crippen LogP contribution in [0.4, 0.5) is 0 Å². The largest absolute Gasteiger partial charge is 0.494 e. The summed E-state index contributed by atoms with van der Waals surface area (Å²) in [6, 6.07) is 7.82. The number of nitrogens with zero attached hydrogens (tertiary/aromatic N) is 2. The highest BCUT2D eigenvalue weighted by Gasteiger charge is 2.10. The Bertz CT molecular complexity index is 617. The van der Waals surface area contributed by atoms with Crippen molar-refractivity contribution in [1.82, 2.24) is 4.98 Å². The molecule has 0 fully saturated rings. The topological polar surface area (TPSA) is 45.9 Å². The molecule has 0 unspecified atom stereocenters. The van der Waals surface area contributed by atoms with Crippen LogP contribution < -0.4 is 4.74 Å². The summed E-state index contributed by atoms with van der Waals surface area (Å²) in [7, 11) is 1.60. The van der Waals surface area contributed by atoms with Crippen molar-refractivity contribution in [2.45, 2.75) is 13.3 Å². The number of aryl methyl sites for hydroxylation is 1.